The lowest BCUT2D eigenvalue weighted by Gasteiger charge is -2.37. The molecule has 1 aromatic carbocycles. The Hall–Kier alpha value is -0.100. The van der Waals surface area contributed by atoms with E-state index in [2.05, 4.69) is 31.9 Å². The Labute approximate surface area is 134 Å². The molecule has 2 atom stereocenters. The quantitative estimate of drug-likeness (QED) is 0.694. The molecule has 2 unspecified atom stereocenters. The number of alkyl halides is 1. The molecule has 0 saturated carbocycles. The molecule has 1 aliphatic heterocycles. The van der Waals surface area contributed by atoms with Crippen molar-refractivity contribution in [1.29, 1.82) is 0 Å². The molecule has 0 radical (unpaired) electrons. The first kappa shape index (κ1) is 15.3. The number of amides is 1. The van der Waals surface area contributed by atoms with Crippen LogP contribution >= 0.6 is 43.5 Å². The van der Waals surface area contributed by atoms with Crippen molar-refractivity contribution in [2.75, 3.05) is 18.5 Å². The predicted molar refractivity (Wildman–Crippen MR) is 83.2 cm³/mol. The number of hydrogen-bond acceptors (Lipinski definition) is 2. The summed E-state index contributed by atoms with van der Waals surface area (Å²) in [6, 6.07) is 5.32. The van der Waals surface area contributed by atoms with Gasteiger partial charge in [-0.25, -0.2) is 0 Å². The van der Waals surface area contributed by atoms with Crippen LogP contribution in [0.1, 0.15) is 17.3 Å². The molecule has 0 aliphatic carbocycles. The molecule has 0 aromatic heterocycles. The van der Waals surface area contributed by atoms with E-state index in [0.717, 1.165) is 9.80 Å². The van der Waals surface area contributed by atoms with Crippen LogP contribution in [0.5, 0.6) is 0 Å². The number of ether oxygens (including phenoxy) is 1. The maximum Gasteiger partial charge on any atom is 0.254 e. The third-order valence-electron chi connectivity index (χ3n) is 3.11. The summed E-state index contributed by atoms with van der Waals surface area (Å²) in [6.07, 6.45) is 0.0518. The zero-order chi connectivity index (χ0) is 14.0. The van der Waals surface area contributed by atoms with Crippen molar-refractivity contribution < 1.29 is 9.53 Å². The maximum atomic E-state index is 12.5. The number of carbonyl (C=O) groups excluding carboxylic acids is 1. The lowest BCUT2D eigenvalue weighted by atomic mass is 10.1. The molecule has 0 spiro atoms. The molecule has 19 heavy (non-hydrogen) atoms. The minimum atomic E-state index is 0.0131. The molecule has 6 heteroatoms. The normalized spacial score (nSPS) is 23.5. The molecular formula is C13H14Br2ClNO2. The second kappa shape index (κ2) is 6.57. The molecule has 1 heterocycles. The minimum absolute atomic E-state index is 0.0131. The monoisotopic (exact) mass is 409 g/mol. The van der Waals surface area contributed by atoms with Gasteiger partial charge in [0.25, 0.3) is 5.91 Å². The van der Waals surface area contributed by atoms with Crippen molar-refractivity contribution in [3.8, 4) is 0 Å². The number of morpholine rings is 1. The summed E-state index contributed by atoms with van der Waals surface area (Å²) in [5.74, 6) is 0.0131. The van der Waals surface area contributed by atoms with E-state index in [1.807, 2.05) is 11.8 Å². The van der Waals surface area contributed by atoms with Gasteiger partial charge < -0.3 is 9.64 Å². The Kier molecular flexibility index (Phi) is 5.29. The van der Waals surface area contributed by atoms with Gasteiger partial charge in [0, 0.05) is 21.9 Å². The first-order chi connectivity index (χ1) is 9.02. The van der Waals surface area contributed by atoms with E-state index in [1.165, 1.54) is 0 Å². The number of halogens is 3. The second-order valence-electron chi connectivity index (χ2n) is 4.55. The average Bonchev–Trinajstić information content (AvgIpc) is 2.41. The Morgan fingerprint density at radius 2 is 2.32 bits per heavy atom. The van der Waals surface area contributed by atoms with Gasteiger partial charge in [-0.1, -0.05) is 27.5 Å². The van der Waals surface area contributed by atoms with Crippen LogP contribution in [0.2, 0.25) is 5.02 Å². The summed E-state index contributed by atoms with van der Waals surface area (Å²) in [6.45, 7) is 3.16. The summed E-state index contributed by atoms with van der Waals surface area (Å²) in [4.78, 5) is 14.4. The number of benzene rings is 1. The van der Waals surface area contributed by atoms with Crippen LogP contribution in [0.4, 0.5) is 0 Å². The first-order valence-corrected chi connectivity index (χ1v) is 8.25. The lowest BCUT2D eigenvalue weighted by molar-refractivity contribution is -0.0361. The van der Waals surface area contributed by atoms with Gasteiger partial charge in [-0.2, -0.15) is 0 Å². The van der Waals surface area contributed by atoms with Gasteiger partial charge in [0.05, 0.1) is 23.8 Å². The highest BCUT2D eigenvalue weighted by Crippen LogP contribution is 2.25. The summed E-state index contributed by atoms with van der Waals surface area (Å²) in [7, 11) is 0. The van der Waals surface area contributed by atoms with Crippen molar-refractivity contribution in [2.45, 2.75) is 19.1 Å². The Morgan fingerprint density at radius 1 is 1.58 bits per heavy atom. The highest BCUT2D eigenvalue weighted by Gasteiger charge is 2.29. The third-order valence-corrected chi connectivity index (χ3v) is 5.04. The molecule has 104 valence electrons. The zero-order valence-electron chi connectivity index (χ0n) is 10.4. The van der Waals surface area contributed by atoms with Crippen LogP contribution in [-0.2, 0) is 4.74 Å². The van der Waals surface area contributed by atoms with Gasteiger partial charge >= 0.3 is 0 Å². The molecule has 1 aliphatic rings. The van der Waals surface area contributed by atoms with Crippen LogP contribution in [0.3, 0.4) is 0 Å². The van der Waals surface area contributed by atoms with Crippen molar-refractivity contribution in [2.24, 2.45) is 0 Å². The lowest BCUT2D eigenvalue weighted by Crippen LogP contribution is -2.51. The molecule has 0 N–H and O–H groups in total. The zero-order valence-corrected chi connectivity index (χ0v) is 14.3. The maximum absolute atomic E-state index is 12.5. The molecule has 3 nitrogen and oxygen atoms in total. The smallest absolute Gasteiger partial charge is 0.254 e. The molecule has 0 bridgehead atoms. The van der Waals surface area contributed by atoms with Crippen LogP contribution in [-0.4, -0.2) is 41.4 Å². The van der Waals surface area contributed by atoms with E-state index < -0.39 is 0 Å². The van der Waals surface area contributed by atoms with Crippen LogP contribution < -0.4 is 0 Å². The summed E-state index contributed by atoms with van der Waals surface area (Å²) >= 11 is 12.7. The highest BCUT2D eigenvalue weighted by molar-refractivity contribution is 9.10. The number of nitrogens with zero attached hydrogens (tertiary/aromatic N) is 1. The molecule has 1 saturated heterocycles. The van der Waals surface area contributed by atoms with Gasteiger partial charge in [-0.3, -0.25) is 4.79 Å². The highest BCUT2D eigenvalue weighted by atomic mass is 79.9. The van der Waals surface area contributed by atoms with Gasteiger partial charge in [0.15, 0.2) is 0 Å². The Balaban J connectivity index is 2.19. The second-order valence-corrected chi connectivity index (χ2v) is 6.45. The van der Waals surface area contributed by atoms with Gasteiger partial charge in [-0.15, -0.1) is 0 Å². The number of carbonyl (C=O) groups is 1. The third kappa shape index (κ3) is 3.51. The van der Waals surface area contributed by atoms with E-state index in [0.29, 0.717) is 23.7 Å². The van der Waals surface area contributed by atoms with E-state index >= 15 is 0 Å². The topological polar surface area (TPSA) is 29.5 Å². The van der Waals surface area contributed by atoms with Crippen LogP contribution in [0.25, 0.3) is 0 Å². The van der Waals surface area contributed by atoms with Crippen molar-refractivity contribution in [3.63, 3.8) is 0 Å². The number of rotatable bonds is 2. The van der Waals surface area contributed by atoms with Crippen molar-refractivity contribution in [1.82, 2.24) is 4.90 Å². The molecule has 1 fully saturated rings. The Morgan fingerprint density at radius 3 is 2.95 bits per heavy atom. The largest absolute Gasteiger partial charge is 0.373 e. The van der Waals surface area contributed by atoms with Crippen LogP contribution in [0, 0.1) is 0 Å². The summed E-state index contributed by atoms with van der Waals surface area (Å²) < 4.78 is 6.36. The van der Waals surface area contributed by atoms with E-state index in [4.69, 9.17) is 16.3 Å². The van der Waals surface area contributed by atoms with Crippen molar-refractivity contribution >= 4 is 49.4 Å². The standard InChI is InChI=1S/C13H14Br2ClNO2/c1-8-7-19-10(5-14)6-17(8)13(18)9-2-3-12(16)11(15)4-9/h2-4,8,10H,5-7H2,1H3. The van der Waals surface area contributed by atoms with Gasteiger partial charge in [0.2, 0.25) is 0 Å². The SMILES string of the molecule is CC1COC(CBr)CN1C(=O)c1ccc(Cl)c(Br)c1. The van der Waals surface area contributed by atoms with Crippen LogP contribution in [0.15, 0.2) is 22.7 Å². The fraction of sp³-hybridized carbons (Fsp3) is 0.462. The number of hydrogen-bond donors (Lipinski definition) is 0. The van der Waals surface area contributed by atoms with E-state index in [1.54, 1.807) is 18.2 Å². The predicted octanol–water partition coefficient (Wildman–Crippen LogP) is 3.73. The average molecular weight is 412 g/mol. The van der Waals surface area contributed by atoms with Gasteiger partial charge in [-0.05, 0) is 41.1 Å². The fourth-order valence-electron chi connectivity index (χ4n) is 1.99. The van der Waals surface area contributed by atoms with Crippen molar-refractivity contribution in [3.05, 3.63) is 33.3 Å². The molecule has 1 aromatic rings. The minimum Gasteiger partial charge on any atom is -0.373 e. The van der Waals surface area contributed by atoms with Gasteiger partial charge in [0.1, 0.15) is 0 Å². The van der Waals surface area contributed by atoms with E-state index in [9.17, 15) is 4.79 Å². The summed E-state index contributed by atoms with van der Waals surface area (Å²) in [5.41, 5.74) is 0.637. The Bertz CT molecular complexity index is 484. The summed E-state index contributed by atoms with van der Waals surface area (Å²) in [5, 5.41) is 1.33. The fourth-order valence-corrected chi connectivity index (χ4v) is 2.88. The first-order valence-electron chi connectivity index (χ1n) is 5.96. The molecule has 2 rings (SSSR count). The van der Waals surface area contributed by atoms with E-state index in [-0.39, 0.29) is 18.1 Å². The molecule has 1 amide bonds. The molecular weight excluding hydrogens is 397 g/mol.